The van der Waals surface area contributed by atoms with Crippen LogP contribution in [0.2, 0.25) is 0 Å². The highest BCUT2D eigenvalue weighted by Crippen LogP contribution is 2.24. The van der Waals surface area contributed by atoms with Gasteiger partial charge in [0.2, 0.25) is 5.82 Å². The molecule has 0 N–H and O–H groups in total. The third kappa shape index (κ3) is 2.33. The molecule has 0 radical (unpaired) electrons. The van der Waals surface area contributed by atoms with E-state index in [2.05, 4.69) is 44.0 Å². The van der Waals surface area contributed by atoms with E-state index in [0.717, 1.165) is 11.3 Å². The zero-order valence-electron chi connectivity index (χ0n) is 12.6. The Morgan fingerprint density at radius 2 is 1.96 bits per heavy atom. The van der Waals surface area contributed by atoms with Gasteiger partial charge in [-0.25, -0.2) is 9.50 Å². The normalized spacial score (nSPS) is 11.4. The highest BCUT2D eigenvalue weighted by molar-refractivity contribution is 5.58. The van der Waals surface area contributed by atoms with E-state index in [1.54, 1.807) is 16.9 Å². The van der Waals surface area contributed by atoms with Gasteiger partial charge in [-0.15, -0.1) is 0 Å². The number of nitrogens with zero attached hydrogens (tertiary/aromatic N) is 7. The first kappa shape index (κ1) is 13.5. The Hall–Kier alpha value is -3.16. The molecule has 23 heavy (non-hydrogen) atoms. The van der Waals surface area contributed by atoms with Crippen molar-refractivity contribution in [3.8, 4) is 23.0 Å². The minimum Gasteiger partial charge on any atom is -0.332 e. The van der Waals surface area contributed by atoms with Gasteiger partial charge in [0.25, 0.3) is 11.7 Å². The van der Waals surface area contributed by atoms with E-state index >= 15 is 0 Å². The fourth-order valence-corrected chi connectivity index (χ4v) is 2.30. The van der Waals surface area contributed by atoms with Gasteiger partial charge in [-0.2, -0.15) is 15.1 Å². The fraction of sp³-hybridized carbons (Fsp3) is 0.200. The Morgan fingerprint density at radius 1 is 1.13 bits per heavy atom. The van der Waals surface area contributed by atoms with Crippen molar-refractivity contribution in [3.05, 3.63) is 42.6 Å². The second kappa shape index (κ2) is 5.24. The monoisotopic (exact) mass is 307 g/mol. The Labute approximate surface area is 131 Å². The molecule has 0 saturated heterocycles. The molecule has 0 unspecified atom stereocenters. The Bertz CT molecular complexity index is 958. The maximum atomic E-state index is 5.36. The molecule has 4 aromatic heterocycles. The summed E-state index contributed by atoms with van der Waals surface area (Å²) in [5, 5.41) is 8.21. The molecule has 0 aliphatic heterocycles. The third-order valence-electron chi connectivity index (χ3n) is 3.45. The summed E-state index contributed by atoms with van der Waals surface area (Å²) in [7, 11) is 0. The first-order valence-electron chi connectivity index (χ1n) is 7.17. The molecule has 4 aromatic rings. The fourth-order valence-electron chi connectivity index (χ4n) is 2.30. The standard InChI is InChI=1S/C15H13N7O/c1-9(2)12-7-11(19-15-17-8-18-22(12)15)14-20-13(21-23-14)10-3-5-16-6-4-10/h3-9H,1-2H3. The zero-order valence-corrected chi connectivity index (χ0v) is 12.6. The Morgan fingerprint density at radius 3 is 2.74 bits per heavy atom. The van der Waals surface area contributed by atoms with Crippen LogP contribution in [-0.2, 0) is 0 Å². The number of rotatable bonds is 3. The topological polar surface area (TPSA) is 94.9 Å². The third-order valence-corrected chi connectivity index (χ3v) is 3.45. The first-order valence-corrected chi connectivity index (χ1v) is 7.17. The van der Waals surface area contributed by atoms with Gasteiger partial charge < -0.3 is 4.52 Å². The highest BCUT2D eigenvalue weighted by atomic mass is 16.5. The molecule has 0 spiro atoms. The summed E-state index contributed by atoms with van der Waals surface area (Å²) in [4.78, 5) is 17.0. The molecule has 8 heteroatoms. The number of fused-ring (bicyclic) bond motifs is 1. The van der Waals surface area contributed by atoms with Gasteiger partial charge in [0.15, 0.2) is 0 Å². The van der Waals surface area contributed by atoms with Crippen LogP contribution < -0.4 is 0 Å². The van der Waals surface area contributed by atoms with Crippen LogP contribution in [0.4, 0.5) is 0 Å². The van der Waals surface area contributed by atoms with E-state index in [1.807, 2.05) is 18.2 Å². The van der Waals surface area contributed by atoms with Crippen molar-refractivity contribution < 1.29 is 4.52 Å². The highest BCUT2D eigenvalue weighted by Gasteiger charge is 2.16. The van der Waals surface area contributed by atoms with Crippen LogP contribution in [0.1, 0.15) is 25.5 Å². The maximum absolute atomic E-state index is 5.36. The lowest BCUT2D eigenvalue weighted by molar-refractivity contribution is 0.431. The number of hydrogen-bond acceptors (Lipinski definition) is 7. The molecule has 0 amide bonds. The predicted octanol–water partition coefficient (Wildman–Crippen LogP) is 2.36. The average Bonchev–Trinajstić information content (AvgIpc) is 3.23. The number of pyridine rings is 1. The van der Waals surface area contributed by atoms with Crippen molar-refractivity contribution in [2.45, 2.75) is 19.8 Å². The van der Waals surface area contributed by atoms with E-state index < -0.39 is 0 Å². The summed E-state index contributed by atoms with van der Waals surface area (Å²) in [6.07, 6.45) is 4.85. The smallest absolute Gasteiger partial charge is 0.277 e. The van der Waals surface area contributed by atoms with Crippen LogP contribution in [-0.4, -0.2) is 34.7 Å². The van der Waals surface area contributed by atoms with Crippen molar-refractivity contribution in [2.24, 2.45) is 0 Å². The second-order valence-electron chi connectivity index (χ2n) is 5.35. The zero-order chi connectivity index (χ0) is 15.8. The van der Waals surface area contributed by atoms with E-state index in [4.69, 9.17) is 4.52 Å². The Balaban J connectivity index is 1.82. The molecule has 0 bridgehead atoms. The molecule has 114 valence electrons. The first-order chi connectivity index (χ1) is 11.2. The van der Waals surface area contributed by atoms with Crippen molar-refractivity contribution in [1.29, 1.82) is 0 Å². The predicted molar refractivity (Wildman–Crippen MR) is 81.4 cm³/mol. The van der Waals surface area contributed by atoms with Gasteiger partial charge in [0, 0.05) is 18.0 Å². The summed E-state index contributed by atoms with van der Waals surface area (Å²) in [5.74, 6) is 1.61. The molecule has 8 nitrogen and oxygen atoms in total. The van der Waals surface area contributed by atoms with Gasteiger partial charge in [-0.05, 0) is 24.1 Å². The van der Waals surface area contributed by atoms with Gasteiger partial charge in [0.05, 0.1) is 5.69 Å². The van der Waals surface area contributed by atoms with Crippen LogP contribution in [0.25, 0.3) is 28.8 Å². The van der Waals surface area contributed by atoms with Crippen molar-refractivity contribution in [1.82, 2.24) is 34.7 Å². The lowest BCUT2D eigenvalue weighted by atomic mass is 10.1. The minimum absolute atomic E-state index is 0.253. The van der Waals surface area contributed by atoms with Crippen LogP contribution in [0.5, 0.6) is 0 Å². The van der Waals surface area contributed by atoms with E-state index in [0.29, 0.717) is 23.2 Å². The van der Waals surface area contributed by atoms with Crippen LogP contribution >= 0.6 is 0 Å². The maximum Gasteiger partial charge on any atom is 0.277 e. The summed E-state index contributed by atoms with van der Waals surface area (Å²) < 4.78 is 7.08. The van der Waals surface area contributed by atoms with Crippen molar-refractivity contribution in [3.63, 3.8) is 0 Å². The molecule has 0 atom stereocenters. The van der Waals surface area contributed by atoms with Gasteiger partial charge >= 0.3 is 0 Å². The molecular formula is C15H13N7O. The molecule has 0 aromatic carbocycles. The number of aromatic nitrogens is 7. The minimum atomic E-state index is 0.253. The lowest BCUT2D eigenvalue weighted by Gasteiger charge is -2.07. The van der Waals surface area contributed by atoms with Crippen molar-refractivity contribution in [2.75, 3.05) is 0 Å². The van der Waals surface area contributed by atoms with Gasteiger partial charge in [-0.1, -0.05) is 19.0 Å². The quantitative estimate of drug-likeness (QED) is 0.573. The molecule has 0 aliphatic carbocycles. The molecular weight excluding hydrogens is 294 g/mol. The summed E-state index contributed by atoms with van der Waals surface area (Å²) in [6, 6.07) is 5.54. The largest absolute Gasteiger partial charge is 0.332 e. The molecule has 0 fully saturated rings. The Kier molecular flexibility index (Phi) is 3.07. The molecule has 4 rings (SSSR count). The van der Waals surface area contributed by atoms with Crippen LogP contribution in [0, 0.1) is 0 Å². The van der Waals surface area contributed by atoms with E-state index in [9.17, 15) is 0 Å². The van der Waals surface area contributed by atoms with Crippen LogP contribution in [0.3, 0.4) is 0 Å². The van der Waals surface area contributed by atoms with Gasteiger partial charge in [0.1, 0.15) is 12.0 Å². The summed E-state index contributed by atoms with van der Waals surface area (Å²) >= 11 is 0. The average molecular weight is 307 g/mol. The summed E-state index contributed by atoms with van der Waals surface area (Å²) in [5.41, 5.74) is 2.40. The summed E-state index contributed by atoms with van der Waals surface area (Å²) in [6.45, 7) is 4.16. The van der Waals surface area contributed by atoms with Crippen molar-refractivity contribution >= 4 is 5.78 Å². The van der Waals surface area contributed by atoms with E-state index in [1.165, 1.54) is 6.33 Å². The molecule has 0 saturated carbocycles. The van der Waals surface area contributed by atoms with E-state index in [-0.39, 0.29) is 5.92 Å². The van der Waals surface area contributed by atoms with Gasteiger partial charge in [-0.3, -0.25) is 4.98 Å². The molecule has 4 heterocycles. The SMILES string of the molecule is CC(C)c1cc(-c2nc(-c3ccncc3)no2)nc2ncnn12. The number of hydrogen-bond donors (Lipinski definition) is 0. The lowest BCUT2D eigenvalue weighted by Crippen LogP contribution is -2.04. The van der Waals surface area contributed by atoms with Crippen LogP contribution in [0.15, 0.2) is 41.4 Å². The second-order valence-corrected chi connectivity index (χ2v) is 5.35. The molecule has 0 aliphatic rings.